The molecule has 1 atom stereocenters. The van der Waals surface area contributed by atoms with E-state index in [0.29, 0.717) is 22.3 Å². The van der Waals surface area contributed by atoms with Gasteiger partial charge in [0.15, 0.2) is 5.17 Å². The van der Waals surface area contributed by atoms with E-state index in [1.54, 1.807) is 31.4 Å². The predicted octanol–water partition coefficient (Wildman–Crippen LogP) is 3.08. The van der Waals surface area contributed by atoms with E-state index < -0.39 is 5.25 Å². The zero-order chi connectivity index (χ0) is 18.5. The fraction of sp³-hybridized carbons (Fsp3) is 0.167. The van der Waals surface area contributed by atoms with Gasteiger partial charge in [0.05, 0.1) is 12.8 Å². The molecule has 134 valence electrons. The molecular weight excluding hydrogens is 357 g/mol. The highest BCUT2D eigenvalue weighted by Crippen LogP contribution is 2.26. The number of hydrogen-bond donors (Lipinski definition) is 2. The van der Waals surface area contributed by atoms with Gasteiger partial charge in [-0.1, -0.05) is 11.8 Å². The van der Waals surface area contributed by atoms with Gasteiger partial charge in [0.2, 0.25) is 11.8 Å². The van der Waals surface area contributed by atoms with E-state index in [1.165, 1.54) is 36.0 Å². The molecule has 0 aromatic heterocycles. The van der Waals surface area contributed by atoms with E-state index >= 15 is 0 Å². The van der Waals surface area contributed by atoms with Crippen molar-refractivity contribution in [3.63, 3.8) is 0 Å². The lowest BCUT2D eigenvalue weighted by Gasteiger charge is -2.07. The highest BCUT2D eigenvalue weighted by molar-refractivity contribution is 8.15. The smallest absolute Gasteiger partial charge is 0.240 e. The van der Waals surface area contributed by atoms with Crippen LogP contribution in [-0.2, 0) is 9.59 Å². The molecule has 0 saturated carbocycles. The van der Waals surface area contributed by atoms with Gasteiger partial charge in [0.25, 0.3) is 0 Å². The monoisotopic (exact) mass is 373 g/mol. The van der Waals surface area contributed by atoms with Crippen LogP contribution >= 0.6 is 11.8 Å². The number of benzene rings is 2. The lowest BCUT2D eigenvalue weighted by Crippen LogP contribution is -2.28. The van der Waals surface area contributed by atoms with Crippen molar-refractivity contribution in [3.05, 3.63) is 54.3 Å². The number of nitrogens with one attached hydrogen (secondary N) is 2. The number of amides is 2. The van der Waals surface area contributed by atoms with Crippen LogP contribution in [0.15, 0.2) is 53.5 Å². The SMILES string of the molecule is COc1ccc(N=C2NC(=O)[C@@H](CC(=O)Nc3ccc(F)cc3)S2)cc1. The summed E-state index contributed by atoms with van der Waals surface area (Å²) in [5.41, 5.74) is 1.15. The molecule has 8 heteroatoms. The lowest BCUT2D eigenvalue weighted by atomic mass is 10.2. The van der Waals surface area contributed by atoms with Gasteiger partial charge in [0, 0.05) is 12.1 Å². The summed E-state index contributed by atoms with van der Waals surface area (Å²) in [4.78, 5) is 28.5. The van der Waals surface area contributed by atoms with E-state index in [0.717, 1.165) is 0 Å². The first kappa shape index (κ1) is 17.9. The molecule has 0 unspecified atom stereocenters. The van der Waals surface area contributed by atoms with Crippen LogP contribution in [0.1, 0.15) is 6.42 Å². The van der Waals surface area contributed by atoms with E-state index in [1.807, 2.05) is 0 Å². The van der Waals surface area contributed by atoms with Crippen molar-refractivity contribution < 1.29 is 18.7 Å². The molecule has 1 aliphatic rings. The van der Waals surface area contributed by atoms with Crippen LogP contribution in [-0.4, -0.2) is 29.3 Å². The van der Waals surface area contributed by atoms with Crippen LogP contribution in [0.4, 0.5) is 15.8 Å². The number of amidine groups is 1. The predicted molar refractivity (Wildman–Crippen MR) is 99.3 cm³/mol. The molecule has 2 N–H and O–H groups in total. The number of carbonyl (C=O) groups is 2. The Morgan fingerprint density at radius 3 is 2.58 bits per heavy atom. The van der Waals surface area contributed by atoms with Crippen LogP contribution in [0.5, 0.6) is 5.75 Å². The van der Waals surface area contributed by atoms with Gasteiger partial charge in [-0.25, -0.2) is 9.38 Å². The van der Waals surface area contributed by atoms with Crippen molar-refractivity contribution in [2.75, 3.05) is 12.4 Å². The number of thioether (sulfide) groups is 1. The maximum Gasteiger partial charge on any atom is 0.240 e. The molecule has 3 rings (SSSR count). The van der Waals surface area contributed by atoms with Gasteiger partial charge in [0.1, 0.15) is 16.8 Å². The van der Waals surface area contributed by atoms with Gasteiger partial charge < -0.3 is 15.4 Å². The van der Waals surface area contributed by atoms with Crippen LogP contribution in [0.25, 0.3) is 0 Å². The fourth-order valence-corrected chi connectivity index (χ4v) is 3.27. The Hall–Kier alpha value is -2.87. The largest absolute Gasteiger partial charge is 0.497 e. The molecule has 2 aromatic rings. The highest BCUT2D eigenvalue weighted by Gasteiger charge is 2.32. The quantitative estimate of drug-likeness (QED) is 0.844. The molecule has 1 aliphatic heterocycles. The lowest BCUT2D eigenvalue weighted by molar-refractivity contribution is -0.122. The Bertz CT molecular complexity index is 838. The Balaban J connectivity index is 1.59. The third-order valence-electron chi connectivity index (χ3n) is 3.58. The Labute approximate surface area is 153 Å². The summed E-state index contributed by atoms with van der Waals surface area (Å²) in [7, 11) is 1.58. The van der Waals surface area contributed by atoms with Crippen molar-refractivity contribution in [2.24, 2.45) is 4.99 Å². The fourth-order valence-electron chi connectivity index (χ4n) is 2.28. The van der Waals surface area contributed by atoms with Gasteiger partial charge in [-0.15, -0.1) is 0 Å². The standard InChI is InChI=1S/C18H16FN3O3S/c1-25-14-8-6-13(7-9-14)21-18-22-17(24)15(26-18)10-16(23)20-12-4-2-11(19)3-5-12/h2-9,15H,10H2,1H3,(H,20,23)(H,21,22,24)/t15-/m1/s1. The van der Waals surface area contributed by atoms with E-state index in [2.05, 4.69) is 15.6 Å². The number of halogens is 1. The molecule has 26 heavy (non-hydrogen) atoms. The maximum absolute atomic E-state index is 12.9. The van der Waals surface area contributed by atoms with Gasteiger partial charge in [-0.05, 0) is 48.5 Å². The zero-order valence-electron chi connectivity index (χ0n) is 13.9. The minimum atomic E-state index is -0.563. The van der Waals surface area contributed by atoms with Crippen LogP contribution < -0.4 is 15.4 Å². The van der Waals surface area contributed by atoms with Gasteiger partial charge in [-0.3, -0.25) is 9.59 Å². The number of anilines is 1. The number of hydrogen-bond acceptors (Lipinski definition) is 5. The number of carbonyl (C=O) groups excluding carboxylic acids is 2. The summed E-state index contributed by atoms with van der Waals surface area (Å²) < 4.78 is 18.0. The molecule has 1 fully saturated rings. The van der Waals surface area contributed by atoms with Gasteiger partial charge in [-0.2, -0.15) is 0 Å². The average molecular weight is 373 g/mol. The topological polar surface area (TPSA) is 79.8 Å². The summed E-state index contributed by atoms with van der Waals surface area (Å²) in [6.07, 6.45) is -0.00446. The number of aliphatic imine (C=N–C) groups is 1. The molecule has 2 amide bonds. The molecule has 2 aromatic carbocycles. The number of ether oxygens (including phenoxy) is 1. The van der Waals surface area contributed by atoms with Crippen molar-refractivity contribution >= 4 is 40.1 Å². The summed E-state index contributed by atoms with van der Waals surface area (Å²) in [6, 6.07) is 12.5. The Kier molecular flexibility index (Phi) is 5.52. The molecule has 1 heterocycles. The molecule has 0 radical (unpaired) electrons. The second-order valence-electron chi connectivity index (χ2n) is 5.47. The first-order valence-corrected chi connectivity index (χ1v) is 8.67. The maximum atomic E-state index is 12.9. The molecule has 0 spiro atoms. The first-order chi connectivity index (χ1) is 12.5. The zero-order valence-corrected chi connectivity index (χ0v) is 14.7. The molecular formula is C18H16FN3O3S. The number of methoxy groups -OCH3 is 1. The van der Waals surface area contributed by atoms with Gasteiger partial charge >= 0.3 is 0 Å². The van der Waals surface area contributed by atoms with Crippen molar-refractivity contribution in [2.45, 2.75) is 11.7 Å². The minimum absolute atomic E-state index is 0.00446. The third-order valence-corrected chi connectivity index (χ3v) is 4.66. The van der Waals surface area contributed by atoms with E-state index in [-0.39, 0.29) is 24.1 Å². The molecule has 0 bridgehead atoms. The second-order valence-corrected chi connectivity index (χ2v) is 6.66. The summed E-state index contributed by atoms with van der Waals surface area (Å²) >= 11 is 1.20. The Morgan fingerprint density at radius 1 is 1.23 bits per heavy atom. The highest BCUT2D eigenvalue weighted by atomic mass is 32.2. The second kappa shape index (κ2) is 8.01. The third kappa shape index (κ3) is 4.60. The molecule has 0 aliphatic carbocycles. The van der Waals surface area contributed by atoms with Crippen LogP contribution in [0.2, 0.25) is 0 Å². The first-order valence-electron chi connectivity index (χ1n) is 7.79. The Morgan fingerprint density at radius 2 is 1.92 bits per heavy atom. The molecule has 6 nitrogen and oxygen atoms in total. The number of nitrogens with zero attached hydrogens (tertiary/aromatic N) is 1. The van der Waals surface area contributed by atoms with Crippen LogP contribution in [0, 0.1) is 5.82 Å². The summed E-state index contributed by atoms with van der Waals surface area (Å²) in [6.45, 7) is 0. The summed E-state index contributed by atoms with van der Waals surface area (Å²) in [5, 5.41) is 5.19. The van der Waals surface area contributed by atoms with Crippen molar-refractivity contribution in [1.82, 2.24) is 5.32 Å². The molecule has 1 saturated heterocycles. The van der Waals surface area contributed by atoms with Crippen molar-refractivity contribution in [3.8, 4) is 5.75 Å². The van der Waals surface area contributed by atoms with Crippen LogP contribution in [0.3, 0.4) is 0 Å². The normalized spacial score (nSPS) is 17.8. The van der Waals surface area contributed by atoms with Crippen molar-refractivity contribution in [1.29, 1.82) is 0 Å². The average Bonchev–Trinajstić information content (AvgIpc) is 2.96. The minimum Gasteiger partial charge on any atom is -0.497 e. The summed E-state index contributed by atoms with van der Waals surface area (Å²) in [5.74, 6) is -0.257. The van der Waals surface area contributed by atoms with E-state index in [9.17, 15) is 14.0 Å². The number of rotatable bonds is 5. The van der Waals surface area contributed by atoms with E-state index in [4.69, 9.17) is 4.74 Å².